The van der Waals surface area contributed by atoms with E-state index in [2.05, 4.69) is 0 Å². The van der Waals surface area contributed by atoms with Crippen molar-refractivity contribution in [1.29, 1.82) is 0 Å². The predicted molar refractivity (Wildman–Crippen MR) is 76.8 cm³/mol. The molecule has 1 aromatic carbocycles. The molecular weight excluding hydrogens is 276 g/mol. The lowest BCUT2D eigenvalue weighted by molar-refractivity contribution is -0.384. The summed E-state index contributed by atoms with van der Waals surface area (Å²) in [6.45, 7) is 2.47. The van der Waals surface area contributed by atoms with Gasteiger partial charge in [-0.05, 0) is 24.8 Å². The average molecular weight is 294 g/mol. The zero-order valence-electron chi connectivity index (χ0n) is 12.0. The number of carbonyl (C=O) groups is 1. The van der Waals surface area contributed by atoms with Crippen molar-refractivity contribution in [3.8, 4) is 5.75 Å². The number of nitro benzene ring substituents is 1. The van der Waals surface area contributed by atoms with E-state index in [0.717, 1.165) is 6.42 Å². The van der Waals surface area contributed by atoms with E-state index in [1.165, 1.54) is 25.3 Å². The predicted octanol–water partition coefficient (Wildman–Crippen LogP) is 2.29. The number of benzene rings is 1. The molecule has 1 heterocycles. The van der Waals surface area contributed by atoms with Crippen molar-refractivity contribution in [3.05, 3.63) is 28.3 Å². The molecule has 7 nitrogen and oxygen atoms in total. The second kappa shape index (κ2) is 5.99. The molecule has 0 saturated carbocycles. The number of methoxy groups -OCH3 is 1. The van der Waals surface area contributed by atoms with E-state index in [0.29, 0.717) is 24.4 Å². The minimum atomic E-state index is -0.960. The molecule has 1 aliphatic rings. The number of hydrogen-bond acceptors (Lipinski definition) is 5. The summed E-state index contributed by atoms with van der Waals surface area (Å²) in [5.74, 6) is -0.205. The Kier molecular flexibility index (Phi) is 4.30. The van der Waals surface area contributed by atoms with Crippen LogP contribution >= 0.6 is 0 Å². The van der Waals surface area contributed by atoms with Gasteiger partial charge in [0.2, 0.25) is 0 Å². The van der Waals surface area contributed by atoms with Gasteiger partial charge >= 0.3 is 5.97 Å². The second-order valence-electron chi connectivity index (χ2n) is 5.29. The normalized spacial score (nSPS) is 21.9. The van der Waals surface area contributed by atoms with E-state index in [-0.39, 0.29) is 11.6 Å². The van der Waals surface area contributed by atoms with Gasteiger partial charge in [0.1, 0.15) is 17.5 Å². The monoisotopic (exact) mass is 294 g/mol. The maximum atomic E-state index is 11.5. The number of anilines is 1. The van der Waals surface area contributed by atoms with Crippen LogP contribution in [0.5, 0.6) is 5.75 Å². The lowest BCUT2D eigenvalue weighted by Crippen LogP contribution is -2.47. The summed E-state index contributed by atoms with van der Waals surface area (Å²) in [6.07, 6.45) is 1.28. The minimum Gasteiger partial charge on any atom is -0.497 e. The van der Waals surface area contributed by atoms with Crippen molar-refractivity contribution in [2.75, 3.05) is 18.6 Å². The fourth-order valence-corrected chi connectivity index (χ4v) is 2.68. The molecule has 1 N–H and O–H groups in total. The molecular formula is C14H18N2O5. The van der Waals surface area contributed by atoms with Crippen LogP contribution in [0.2, 0.25) is 0 Å². The van der Waals surface area contributed by atoms with Crippen LogP contribution in [-0.4, -0.2) is 35.7 Å². The van der Waals surface area contributed by atoms with Crippen molar-refractivity contribution in [2.24, 2.45) is 5.92 Å². The highest BCUT2D eigenvalue weighted by Gasteiger charge is 2.35. The zero-order valence-corrected chi connectivity index (χ0v) is 12.0. The number of nitrogens with zero attached hydrogens (tertiary/aromatic N) is 2. The van der Waals surface area contributed by atoms with Crippen molar-refractivity contribution in [2.45, 2.75) is 25.8 Å². The lowest BCUT2D eigenvalue weighted by Gasteiger charge is -2.37. The third-order valence-corrected chi connectivity index (χ3v) is 3.84. The molecule has 0 amide bonds. The number of nitro groups is 1. The van der Waals surface area contributed by atoms with E-state index >= 15 is 0 Å². The van der Waals surface area contributed by atoms with Gasteiger partial charge in [-0.25, -0.2) is 4.79 Å². The van der Waals surface area contributed by atoms with Crippen LogP contribution in [0.15, 0.2) is 18.2 Å². The van der Waals surface area contributed by atoms with E-state index in [1.54, 1.807) is 4.90 Å². The minimum absolute atomic E-state index is 0.100. The molecule has 2 atom stereocenters. The van der Waals surface area contributed by atoms with Gasteiger partial charge in [-0.1, -0.05) is 6.92 Å². The van der Waals surface area contributed by atoms with Gasteiger partial charge in [-0.3, -0.25) is 10.1 Å². The van der Waals surface area contributed by atoms with Crippen LogP contribution in [0.4, 0.5) is 11.4 Å². The first kappa shape index (κ1) is 15.1. The fraction of sp³-hybridized carbons (Fsp3) is 0.500. The number of rotatable bonds is 4. The highest BCUT2D eigenvalue weighted by atomic mass is 16.6. The maximum absolute atomic E-state index is 11.5. The number of carboxylic acids is 1. The molecule has 1 saturated heterocycles. The van der Waals surface area contributed by atoms with Gasteiger partial charge in [0.05, 0.1) is 12.0 Å². The summed E-state index contributed by atoms with van der Waals surface area (Å²) in [5, 5.41) is 20.6. The van der Waals surface area contributed by atoms with Crippen LogP contribution < -0.4 is 9.64 Å². The van der Waals surface area contributed by atoms with Crippen LogP contribution in [-0.2, 0) is 4.79 Å². The van der Waals surface area contributed by atoms with Crippen molar-refractivity contribution in [3.63, 3.8) is 0 Å². The number of aliphatic carboxylic acids is 1. The standard InChI is InChI=1S/C14H18N2O5/c1-9-5-6-15(13(7-9)14(17)18)12-8-10(21-2)3-4-11(12)16(19)20/h3-4,8-9,13H,5-7H2,1-2H3,(H,17,18). The number of ether oxygens (including phenoxy) is 1. The third kappa shape index (κ3) is 3.07. The SMILES string of the molecule is COc1ccc([N+](=O)[O-])c(N2CCC(C)CC2C(=O)O)c1. The molecule has 2 rings (SSSR count). The van der Waals surface area contributed by atoms with Crippen LogP contribution in [0.3, 0.4) is 0 Å². The summed E-state index contributed by atoms with van der Waals surface area (Å²) in [7, 11) is 1.47. The first-order chi connectivity index (χ1) is 9.93. The molecule has 21 heavy (non-hydrogen) atoms. The van der Waals surface area contributed by atoms with Crippen molar-refractivity contribution < 1.29 is 19.6 Å². The molecule has 0 bridgehead atoms. The smallest absolute Gasteiger partial charge is 0.326 e. The zero-order chi connectivity index (χ0) is 15.6. The Balaban J connectivity index is 2.46. The van der Waals surface area contributed by atoms with Crippen LogP contribution in [0.1, 0.15) is 19.8 Å². The summed E-state index contributed by atoms with van der Waals surface area (Å²) in [4.78, 5) is 23.8. The summed E-state index contributed by atoms with van der Waals surface area (Å²) in [6, 6.07) is 3.64. The number of carboxylic acid groups (broad SMARTS) is 1. The largest absolute Gasteiger partial charge is 0.497 e. The summed E-state index contributed by atoms with van der Waals surface area (Å²) in [5.41, 5.74) is 0.204. The number of hydrogen-bond donors (Lipinski definition) is 1. The molecule has 0 radical (unpaired) electrons. The molecule has 0 spiro atoms. The highest BCUT2D eigenvalue weighted by Crippen LogP contribution is 2.36. The van der Waals surface area contributed by atoms with Gasteiger partial charge in [0.15, 0.2) is 0 Å². The Bertz CT molecular complexity index is 560. The molecule has 114 valence electrons. The summed E-state index contributed by atoms with van der Waals surface area (Å²) >= 11 is 0. The lowest BCUT2D eigenvalue weighted by atomic mass is 9.91. The van der Waals surface area contributed by atoms with E-state index in [9.17, 15) is 20.0 Å². The van der Waals surface area contributed by atoms with Crippen molar-refractivity contribution >= 4 is 17.3 Å². The topological polar surface area (TPSA) is 92.9 Å². The molecule has 1 fully saturated rings. The van der Waals surface area contributed by atoms with Gasteiger partial charge in [0.25, 0.3) is 5.69 Å². The Morgan fingerprint density at radius 1 is 1.52 bits per heavy atom. The molecule has 0 aromatic heterocycles. The van der Waals surface area contributed by atoms with E-state index < -0.39 is 16.9 Å². The first-order valence-corrected chi connectivity index (χ1v) is 6.76. The molecule has 1 aromatic rings. The van der Waals surface area contributed by atoms with Crippen molar-refractivity contribution in [1.82, 2.24) is 0 Å². The van der Waals surface area contributed by atoms with Gasteiger partial charge in [-0.2, -0.15) is 0 Å². The van der Waals surface area contributed by atoms with Crippen LogP contribution in [0, 0.1) is 16.0 Å². The Morgan fingerprint density at radius 3 is 2.81 bits per heavy atom. The Morgan fingerprint density at radius 2 is 2.24 bits per heavy atom. The van der Waals surface area contributed by atoms with Crippen LogP contribution in [0.25, 0.3) is 0 Å². The van der Waals surface area contributed by atoms with Gasteiger partial charge < -0.3 is 14.7 Å². The van der Waals surface area contributed by atoms with Gasteiger partial charge in [0, 0.05) is 18.7 Å². The van der Waals surface area contributed by atoms with E-state index in [4.69, 9.17) is 4.74 Å². The third-order valence-electron chi connectivity index (χ3n) is 3.84. The average Bonchev–Trinajstić information content (AvgIpc) is 2.46. The molecule has 0 aliphatic carbocycles. The quantitative estimate of drug-likeness (QED) is 0.676. The first-order valence-electron chi connectivity index (χ1n) is 6.76. The van der Waals surface area contributed by atoms with Gasteiger partial charge in [-0.15, -0.1) is 0 Å². The van der Waals surface area contributed by atoms with E-state index in [1.807, 2.05) is 6.92 Å². The fourth-order valence-electron chi connectivity index (χ4n) is 2.68. The Labute approximate surface area is 122 Å². The Hall–Kier alpha value is -2.31. The maximum Gasteiger partial charge on any atom is 0.326 e. The molecule has 1 aliphatic heterocycles. The highest BCUT2D eigenvalue weighted by molar-refractivity contribution is 5.81. The molecule has 2 unspecified atom stereocenters. The second-order valence-corrected chi connectivity index (χ2v) is 5.29. The number of piperidine rings is 1. The summed E-state index contributed by atoms with van der Waals surface area (Å²) < 4.78 is 5.10. The molecule has 7 heteroatoms.